The maximum atomic E-state index is 11.8. The van der Waals surface area contributed by atoms with Crippen LogP contribution in [0.5, 0.6) is 0 Å². The molecule has 0 bridgehead atoms. The lowest BCUT2D eigenvalue weighted by Crippen LogP contribution is -2.30. The van der Waals surface area contributed by atoms with Crippen molar-refractivity contribution in [1.29, 1.82) is 0 Å². The highest BCUT2D eigenvalue weighted by Crippen LogP contribution is 2.18. The van der Waals surface area contributed by atoms with Gasteiger partial charge in [-0.2, -0.15) is 5.10 Å². The van der Waals surface area contributed by atoms with Gasteiger partial charge in [0.25, 0.3) is 0 Å². The van der Waals surface area contributed by atoms with Gasteiger partial charge in [-0.25, -0.2) is 13.1 Å². The first kappa shape index (κ1) is 15.2. The van der Waals surface area contributed by atoms with Crippen molar-refractivity contribution in [2.45, 2.75) is 20.3 Å². The Labute approximate surface area is 123 Å². The quantitative estimate of drug-likeness (QED) is 0.917. The fraction of sp³-hybridized carbons (Fsp3) is 0.286. The molecule has 6 nitrogen and oxygen atoms in total. The molecule has 0 saturated carbocycles. The number of rotatable bonds is 4. The Morgan fingerprint density at radius 1 is 1.24 bits per heavy atom. The molecular weight excluding hydrogens is 290 g/mol. The molecule has 0 aliphatic carbocycles. The predicted molar refractivity (Wildman–Crippen MR) is 79.7 cm³/mol. The van der Waals surface area contributed by atoms with Gasteiger partial charge in [0.1, 0.15) is 0 Å². The van der Waals surface area contributed by atoms with Gasteiger partial charge in [-0.3, -0.25) is 9.52 Å². The summed E-state index contributed by atoms with van der Waals surface area (Å²) in [5, 5.41) is 4.42. The van der Waals surface area contributed by atoms with E-state index in [9.17, 15) is 13.2 Å². The molecule has 1 heterocycles. The third-order valence-corrected chi connectivity index (χ3v) is 3.68. The molecule has 21 heavy (non-hydrogen) atoms. The van der Waals surface area contributed by atoms with Crippen LogP contribution in [0.3, 0.4) is 0 Å². The molecule has 1 N–H and O–H groups in total. The Hall–Kier alpha value is -2.15. The zero-order valence-electron chi connectivity index (χ0n) is 12.1. The summed E-state index contributed by atoms with van der Waals surface area (Å²) in [6.45, 7) is 3.66. The summed E-state index contributed by atoms with van der Waals surface area (Å²) >= 11 is 0. The van der Waals surface area contributed by atoms with Crippen molar-refractivity contribution in [3.05, 3.63) is 47.3 Å². The molecule has 0 aliphatic heterocycles. The van der Waals surface area contributed by atoms with E-state index in [1.54, 1.807) is 11.6 Å². The molecule has 0 spiro atoms. The van der Waals surface area contributed by atoms with Crippen LogP contribution in [0.1, 0.15) is 17.0 Å². The Morgan fingerprint density at radius 3 is 2.43 bits per heavy atom. The summed E-state index contributed by atoms with van der Waals surface area (Å²) in [5.74, 6) is -0.559. The van der Waals surface area contributed by atoms with Crippen LogP contribution in [0.25, 0.3) is 5.69 Å². The standard InChI is InChI=1S/C14H17N3O3S/c1-10-13(9-14(18)16-21(3,19)20)11(2)17(15-10)12-7-5-4-6-8-12/h4-8H,9H2,1-3H3,(H,16,18). The molecule has 0 fully saturated rings. The summed E-state index contributed by atoms with van der Waals surface area (Å²) in [5.41, 5.74) is 3.16. The fourth-order valence-electron chi connectivity index (χ4n) is 2.15. The number of hydrogen-bond acceptors (Lipinski definition) is 4. The molecule has 0 unspecified atom stereocenters. The minimum atomic E-state index is -3.54. The number of hydrogen-bond donors (Lipinski definition) is 1. The van der Waals surface area contributed by atoms with Crippen molar-refractivity contribution in [2.75, 3.05) is 6.26 Å². The second-order valence-electron chi connectivity index (χ2n) is 4.87. The van der Waals surface area contributed by atoms with Crippen LogP contribution in [0.2, 0.25) is 0 Å². The summed E-state index contributed by atoms with van der Waals surface area (Å²) < 4.78 is 25.9. The molecule has 2 aromatic rings. The van der Waals surface area contributed by atoms with Crippen LogP contribution in [0, 0.1) is 13.8 Å². The number of para-hydroxylation sites is 1. The average Bonchev–Trinajstić information content (AvgIpc) is 2.66. The van der Waals surface area contributed by atoms with E-state index in [1.165, 1.54) is 0 Å². The molecule has 0 atom stereocenters. The molecular formula is C14H17N3O3S. The Morgan fingerprint density at radius 2 is 1.86 bits per heavy atom. The van der Waals surface area contributed by atoms with Gasteiger partial charge in [0, 0.05) is 11.3 Å². The first-order valence-corrected chi connectivity index (χ1v) is 8.28. The maximum absolute atomic E-state index is 11.8. The van der Waals surface area contributed by atoms with Crippen LogP contribution in [-0.2, 0) is 21.2 Å². The molecule has 7 heteroatoms. The lowest BCUT2D eigenvalue weighted by Gasteiger charge is -2.05. The van der Waals surface area contributed by atoms with Crippen LogP contribution < -0.4 is 4.72 Å². The molecule has 0 saturated heterocycles. The second kappa shape index (κ2) is 5.69. The predicted octanol–water partition coefficient (Wildman–Crippen LogP) is 1.11. The first-order valence-electron chi connectivity index (χ1n) is 6.39. The van der Waals surface area contributed by atoms with Crippen LogP contribution in [0.4, 0.5) is 0 Å². The zero-order valence-corrected chi connectivity index (χ0v) is 12.9. The number of nitrogens with zero attached hydrogens (tertiary/aromatic N) is 2. The van der Waals surface area contributed by atoms with Crippen molar-refractivity contribution >= 4 is 15.9 Å². The van der Waals surface area contributed by atoms with E-state index in [2.05, 4.69) is 5.10 Å². The Balaban J connectivity index is 2.30. The monoisotopic (exact) mass is 307 g/mol. The number of amides is 1. The number of aromatic nitrogens is 2. The fourth-order valence-corrected chi connectivity index (χ4v) is 2.64. The highest BCUT2D eigenvalue weighted by molar-refractivity contribution is 7.89. The van der Waals surface area contributed by atoms with Crippen LogP contribution >= 0.6 is 0 Å². The Kier molecular flexibility index (Phi) is 4.13. The van der Waals surface area contributed by atoms with Gasteiger partial charge < -0.3 is 0 Å². The van der Waals surface area contributed by atoms with Crippen molar-refractivity contribution in [3.8, 4) is 5.69 Å². The third kappa shape index (κ3) is 3.69. The number of carbonyl (C=O) groups excluding carboxylic acids is 1. The van der Waals surface area contributed by atoms with Gasteiger partial charge in [0.2, 0.25) is 15.9 Å². The van der Waals surface area contributed by atoms with Gasteiger partial charge in [0.05, 0.1) is 24.1 Å². The average molecular weight is 307 g/mol. The summed E-state index contributed by atoms with van der Waals surface area (Å²) in [6, 6.07) is 9.55. The van der Waals surface area contributed by atoms with Gasteiger partial charge in [-0.1, -0.05) is 18.2 Å². The molecule has 2 rings (SSSR count). The number of benzene rings is 1. The third-order valence-electron chi connectivity index (χ3n) is 3.08. The topological polar surface area (TPSA) is 81.1 Å². The van der Waals surface area contributed by atoms with Gasteiger partial charge in [-0.05, 0) is 26.0 Å². The van der Waals surface area contributed by atoms with E-state index < -0.39 is 15.9 Å². The highest BCUT2D eigenvalue weighted by atomic mass is 32.2. The molecule has 0 aliphatic rings. The molecule has 1 amide bonds. The number of nitrogens with one attached hydrogen (secondary N) is 1. The number of aryl methyl sites for hydroxylation is 1. The first-order chi connectivity index (χ1) is 9.78. The maximum Gasteiger partial charge on any atom is 0.237 e. The van der Waals surface area contributed by atoms with Gasteiger partial charge in [-0.15, -0.1) is 0 Å². The normalized spacial score (nSPS) is 11.4. The Bertz CT molecular complexity index is 764. The van der Waals surface area contributed by atoms with Crippen molar-refractivity contribution in [2.24, 2.45) is 0 Å². The SMILES string of the molecule is Cc1nn(-c2ccccc2)c(C)c1CC(=O)NS(C)(=O)=O. The lowest BCUT2D eigenvalue weighted by atomic mass is 10.1. The lowest BCUT2D eigenvalue weighted by molar-refractivity contribution is -0.118. The summed E-state index contributed by atoms with van der Waals surface area (Å²) in [4.78, 5) is 11.8. The largest absolute Gasteiger partial charge is 0.274 e. The van der Waals surface area contributed by atoms with Crippen LogP contribution in [0.15, 0.2) is 30.3 Å². The number of carbonyl (C=O) groups is 1. The molecule has 1 aromatic carbocycles. The minimum Gasteiger partial charge on any atom is -0.274 e. The van der Waals surface area contributed by atoms with Gasteiger partial charge in [0.15, 0.2) is 0 Å². The van der Waals surface area contributed by atoms with E-state index in [0.717, 1.165) is 23.2 Å². The summed E-state index contributed by atoms with van der Waals surface area (Å²) in [6.07, 6.45) is 0.940. The summed E-state index contributed by atoms with van der Waals surface area (Å²) in [7, 11) is -3.54. The van der Waals surface area contributed by atoms with E-state index in [-0.39, 0.29) is 6.42 Å². The zero-order chi connectivity index (χ0) is 15.6. The van der Waals surface area contributed by atoms with E-state index in [1.807, 2.05) is 42.0 Å². The minimum absolute atomic E-state index is 0.0163. The van der Waals surface area contributed by atoms with Crippen molar-refractivity contribution < 1.29 is 13.2 Å². The van der Waals surface area contributed by atoms with E-state index in [4.69, 9.17) is 0 Å². The highest BCUT2D eigenvalue weighted by Gasteiger charge is 2.17. The molecule has 0 radical (unpaired) electrons. The molecule has 112 valence electrons. The number of sulfonamides is 1. The van der Waals surface area contributed by atoms with Crippen LogP contribution in [-0.4, -0.2) is 30.4 Å². The van der Waals surface area contributed by atoms with Crippen molar-refractivity contribution in [3.63, 3.8) is 0 Å². The molecule has 1 aromatic heterocycles. The van der Waals surface area contributed by atoms with Gasteiger partial charge >= 0.3 is 0 Å². The van der Waals surface area contributed by atoms with Crippen molar-refractivity contribution in [1.82, 2.24) is 14.5 Å². The smallest absolute Gasteiger partial charge is 0.237 e. The van der Waals surface area contributed by atoms with E-state index >= 15 is 0 Å². The second-order valence-corrected chi connectivity index (χ2v) is 6.62. The van der Waals surface area contributed by atoms with E-state index in [0.29, 0.717) is 5.69 Å².